The smallest absolute Gasteiger partial charge is 0.319 e. The van der Waals surface area contributed by atoms with Gasteiger partial charge in [-0.05, 0) is 18.7 Å². The molecule has 0 amide bonds. The number of hydrogen-bond donors (Lipinski definition) is 0. The molecule has 0 aliphatic rings. The molecule has 0 heterocycles. The Labute approximate surface area is 109 Å². The summed E-state index contributed by atoms with van der Waals surface area (Å²) >= 11 is 0. The lowest BCUT2D eigenvalue weighted by molar-refractivity contribution is -0.385. The molecule has 6 nitrogen and oxygen atoms in total. The van der Waals surface area contributed by atoms with E-state index < -0.39 is 16.7 Å². The van der Waals surface area contributed by atoms with E-state index in [-0.39, 0.29) is 24.3 Å². The molecule has 0 aromatic heterocycles. The van der Waals surface area contributed by atoms with Crippen molar-refractivity contribution < 1.29 is 18.8 Å². The molecule has 1 aromatic rings. The summed E-state index contributed by atoms with van der Waals surface area (Å²) < 4.78 is 17.7. The van der Waals surface area contributed by atoms with Crippen molar-refractivity contribution in [3.8, 4) is 0 Å². The fourth-order valence-electron chi connectivity index (χ4n) is 1.63. The lowest BCUT2D eigenvalue weighted by atomic mass is 10.1. The molecule has 7 heteroatoms. The topological polar surface area (TPSA) is 72.7 Å². The number of methoxy groups -OCH3 is 1. The highest BCUT2D eigenvalue weighted by atomic mass is 19.1. The molecule has 1 rings (SSSR count). The van der Waals surface area contributed by atoms with Crippen LogP contribution < -0.4 is 0 Å². The molecule has 0 bridgehead atoms. The van der Waals surface area contributed by atoms with Gasteiger partial charge in [0.2, 0.25) is 0 Å². The summed E-state index contributed by atoms with van der Waals surface area (Å²) in [7, 11) is 1.26. The second-order valence-corrected chi connectivity index (χ2v) is 3.91. The van der Waals surface area contributed by atoms with E-state index >= 15 is 0 Å². The Balaban J connectivity index is 2.92. The van der Waals surface area contributed by atoms with Crippen LogP contribution in [0.3, 0.4) is 0 Å². The van der Waals surface area contributed by atoms with Gasteiger partial charge in [0.25, 0.3) is 5.69 Å². The van der Waals surface area contributed by atoms with E-state index in [1.165, 1.54) is 7.11 Å². The van der Waals surface area contributed by atoms with Crippen molar-refractivity contribution in [3.63, 3.8) is 0 Å². The zero-order valence-electron chi connectivity index (χ0n) is 10.8. The van der Waals surface area contributed by atoms with Gasteiger partial charge >= 0.3 is 5.97 Å². The standard InChI is InChI=1S/C12H15FN2O4/c1-3-14(8-12(16)19-2)7-9-6-10(13)4-5-11(9)15(17)18/h4-6H,3,7-8H2,1-2H3. The highest BCUT2D eigenvalue weighted by Gasteiger charge is 2.18. The molecule has 0 N–H and O–H groups in total. The molecule has 0 aliphatic heterocycles. The molecule has 0 saturated heterocycles. The first-order chi connectivity index (χ1) is 8.97. The Hall–Kier alpha value is -2.02. The third-order valence-electron chi connectivity index (χ3n) is 2.66. The van der Waals surface area contributed by atoms with Crippen LogP contribution in [0.5, 0.6) is 0 Å². The molecule has 0 aliphatic carbocycles. The van der Waals surface area contributed by atoms with Gasteiger partial charge in [-0.15, -0.1) is 0 Å². The Bertz CT molecular complexity index is 479. The maximum Gasteiger partial charge on any atom is 0.319 e. The summed E-state index contributed by atoms with van der Waals surface area (Å²) in [6.07, 6.45) is 0. The van der Waals surface area contributed by atoms with E-state index in [9.17, 15) is 19.3 Å². The average molecular weight is 270 g/mol. The number of hydrogen-bond acceptors (Lipinski definition) is 5. The van der Waals surface area contributed by atoms with Gasteiger partial charge in [-0.3, -0.25) is 19.8 Å². The number of carbonyl (C=O) groups is 1. The number of nitro benzene ring substituents is 1. The van der Waals surface area contributed by atoms with Gasteiger partial charge in [0.05, 0.1) is 18.6 Å². The third kappa shape index (κ3) is 4.29. The van der Waals surface area contributed by atoms with Crippen LogP contribution in [0.25, 0.3) is 0 Å². The number of nitrogens with zero attached hydrogens (tertiary/aromatic N) is 2. The highest BCUT2D eigenvalue weighted by Crippen LogP contribution is 2.21. The molecule has 0 radical (unpaired) electrons. The van der Waals surface area contributed by atoms with Crippen molar-refractivity contribution in [3.05, 3.63) is 39.7 Å². The SMILES string of the molecule is CCN(CC(=O)OC)Cc1cc(F)ccc1[N+](=O)[O-]. The van der Waals surface area contributed by atoms with Crippen LogP contribution in [-0.4, -0.2) is 36.0 Å². The van der Waals surface area contributed by atoms with Gasteiger partial charge in [0.1, 0.15) is 5.82 Å². The van der Waals surface area contributed by atoms with Crippen LogP contribution in [0.2, 0.25) is 0 Å². The third-order valence-corrected chi connectivity index (χ3v) is 2.66. The molecule has 0 unspecified atom stereocenters. The largest absolute Gasteiger partial charge is 0.468 e. The van der Waals surface area contributed by atoms with Gasteiger partial charge in [0, 0.05) is 18.2 Å². The second-order valence-electron chi connectivity index (χ2n) is 3.91. The van der Waals surface area contributed by atoms with Gasteiger partial charge in [-0.25, -0.2) is 4.39 Å². The molecule has 0 saturated carbocycles. The monoisotopic (exact) mass is 270 g/mol. The Morgan fingerprint density at radius 3 is 2.74 bits per heavy atom. The number of likely N-dealkylation sites (N-methyl/N-ethyl adjacent to an activating group) is 1. The van der Waals surface area contributed by atoms with Crippen LogP contribution in [0, 0.1) is 15.9 Å². The highest BCUT2D eigenvalue weighted by molar-refractivity contribution is 5.71. The van der Waals surface area contributed by atoms with E-state index in [2.05, 4.69) is 4.74 Å². The van der Waals surface area contributed by atoms with E-state index in [1.807, 2.05) is 0 Å². The summed E-state index contributed by atoms with van der Waals surface area (Å²) in [6, 6.07) is 3.27. The molecule has 0 spiro atoms. The van der Waals surface area contributed by atoms with Crippen molar-refractivity contribution in [1.29, 1.82) is 0 Å². The van der Waals surface area contributed by atoms with Crippen molar-refractivity contribution in [2.75, 3.05) is 20.2 Å². The van der Waals surface area contributed by atoms with Gasteiger partial charge < -0.3 is 4.74 Å². The fourth-order valence-corrected chi connectivity index (χ4v) is 1.63. The average Bonchev–Trinajstić information content (AvgIpc) is 2.37. The zero-order valence-corrected chi connectivity index (χ0v) is 10.8. The van der Waals surface area contributed by atoms with Gasteiger partial charge in [-0.2, -0.15) is 0 Å². The molecular formula is C12H15FN2O4. The van der Waals surface area contributed by atoms with Crippen molar-refractivity contribution in [2.45, 2.75) is 13.5 Å². The van der Waals surface area contributed by atoms with Crippen molar-refractivity contribution in [1.82, 2.24) is 4.90 Å². The Morgan fingerprint density at radius 2 is 2.21 bits per heavy atom. The normalized spacial score (nSPS) is 10.5. The first-order valence-electron chi connectivity index (χ1n) is 5.70. The van der Waals surface area contributed by atoms with Crippen molar-refractivity contribution >= 4 is 11.7 Å². The lowest BCUT2D eigenvalue weighted by Gasteiger charge is -2.18. The summed E-state index contributed by atoms with van der Waals surface area (Å²) in [6.45, 7) is 2.40. The number of ether oxygens (including phenoxy) is 1. The first-order valence-corrected chi connectivity index (χ1v) is 5.70. The van der Waals surface area contributed by atoms with Crippen LogP contribution in [0.15, 0.2) is 18.2 Å². The number of halogens is 1. The minimum atomic E-state index is -0.569. The van der Waals surface area contributed by atoms with Crippen LogP contribution in [-0.2, 0) is 16.1 Å². The quantitative estimate of drug-likeness (QED) is 0.447. The minimum absolute atomic E-state index is 0.000662. The zero-order chi connectivity index (χ0) is 14.4. The van der Waals surface area contributed by atoms with E-state index in [4.69, 9.17) is 0 Å². The molecule has 0 atom stereocenters. The molecule has 0 fully saturated rings. The summed E-state index contributed by atoms with van der Waals surface area (Å²) in [5, 5.41) is 10.9. The number of rotatable bonds is 6. The Morgan fingerprint density at radius 1 is 1.53 bits per heavy atom. The molecular weight excluding hydrogens is 255 g/mol. The number of nitro groups is 1. The minimum Gasteiger partial charge on any atom is -0.468 e. The predicted octanol–water partition coefficient (Wildman–Crippen LogP) is 1.73. The van der Waals surface area contributed by atoms with E-state index in [1.54, 1.807) is 11.8 Å². The summed E-state index contributed by atoms with van der Waals surface area (Å²) in [4.78, 5) is 23.1. The number of benzene rings is 1. The number of carbonyl (C=O) groups excluding carboxylic acids is 1. The van der Waals surface area contributed by atoms with Crippen LogP contribution in [0.1, 0.15) is 12.5 Å². The first kappa shape index (κ1) is 15.0. The van der Waals surface area contributed by atoms with Gasteiger partial charge in [0.15, 0.2) is 0 Å². The Kier molecular flexibility index (Phi) is 5.37. The molecule has 1 aromatic carbocycles. The van der Waals surface area contributed by atoms with E-state index in [0.29, 0.717) is 6.54 Å². The fraction of sp³-hybridized carbons (Fsp3) is 0.417. The summed E-state index contributed by atoms with van der Waals surface area (Å²) in [5.74, 6) is -0.990. The van der Waals surface area contributed by atoms with Gasteiger partial charge in [-0.1, -0.05) is 6.92 Å². The maximum absolute atomic E-state index is 13.2. The maximum atomic E-state index is 13.2. The second kappa shape index (κ2) is 6.79. The van der Waals surface area contributed by atoms with Crippen LogP contribution >= 0.6 is 0 Å². The lowest BCUT2D eigenvalue weighted by Crippen LogP contribution is -2.30. The molecule has 19 heavy (non-hydrogen) atoms. The predicted molar refractivity (Wildman–Crippen MR) is 66.0 cm³/mol. The number of esters is 1. The van der Waals surface area contributed by atoms with E-state index in [0.717, 1.165) is 18.2 Å². The van der Waals surface area contributed by atoms with Crippen molar-refractivity contribution in [2.24, 2.45) is 0 Å². The van der Waals surface area contributed by atoms with Crippen LogP contribution in [0.4, 0.5) is 10.1 Å². The summed E-state index contributed by atoms with van der Waals surface area (Å²) in [5.41, 5.74) is 0.0699. The molecule has 104 valence electrons.